The van der Waals surface area contributed by atoms with Crippen molar-refractivity contribution in [3.63, 3.8) is 0 Å². The maximum atomic E-state index is 12.0. The third-order valence-corrected chi connectivity index (χ3v) is 2.63. The molecular formula is C12H19N3O4. The van der Waals surface area contributed by atoms with E-state index in [0.29, 0.717) is 12.1 Å². The first-order chi connectivity index (χ1) is 8.92. The summed E-state index contributed by atoms with van der Waals surface area (Å²) in [5.41, 5.74) is 6.69. The van der Waals surface area contributed by atoms with Gasteiger partial charge in [0.15, 0.2) is 11.8 Å². The summed E-state index contributed by atoms with van der Waals surface area (Å²) in [7, 11) is 1.59. The molecule has 0 saturated heterocycles. The Morgan fingerprint density at radius 1 is 1.42 bits per heavy atom. The fraction of sp³-hybridized carbons (Fsp3) is 0.583. The molecule has 0 radical (unpaired) electrons. The van der Waals surface area contributed by atoms with E-state index in [9.17, 15) is 9.59 Å². The van der Waals surface area contributed by atoms with E-state index >= 15 is 0 Å². The molecule has 0 bridgehead atoms. The van der Waals surface area contributed by atoms with Gasteiger partial charge in [0.05, 0.1) is 18.0 Å². The minimum Gasteiger partial charge on any atom is -0.463 e. The minimum absolute atomic E-state index is 0.139. The lowest BCUT2D eigenvalue weighted by Gasteiger charge is -2.14. The second-order valence-corrected chi connectivity index (χ2v) is 4.03. The van der Waals surface area contributed by atoms with Gasteiger partial charge in [-0.1, -0.05) is 6.92 Å². The number of aromatic nitrogens is 2. The largest absolute Gasteiger partial charge is 0.463 e. The van der Waals surface area contributed by atoms with E-state index in [-0.39, 0.29) is 18.0 Å². The van der Waals surface area contributed by atoms with Crippen molar-refractivity contribution in [1.82, 2.24) is 9.78 Å². The molecule has 0 aliphatic heterocycles. The highest BCUT2D eigenvalue weighted by Crippen LogP contribution is 2.17. The van der Waals surface area contributed by atoms with Gasteiger partial charge in [-0.3, -0.25) is 4.68 Å². The summed E-state index contributed by atoms with van der Waals surface area (Å²) in [5.74, 6) is -1.24. The molecule has 106 valence electrons. The first-order valence-electron chi connectivity index (χ1n) is 6.09. The molecule has 0 aromatic carbocycles. The van der Waals surface area contributed by atoms with Gasteiger partial charge >= 0.3 is 11.9 Å². The lowest BCUT2D eigenvalue weighted by molar-refractivity contribution is -0.153. The molecule has 7 nitrogen and oxygen atoms in total. The summed E-state index contributed by atoms with van der Waals surface area (Å²) >= 11 is 0. The molecule has 7 heteroatoms. The van der Waals surface area contributed by atoms with Crippen LogP contribution in [-0.4, -0.2) is 34.4 Å². The van der Waals surface area contributed by atoms with Gasteiger partial charge in [0.25, 0.3) is 0 Å². The fourth-order valence-electron chi connectivity index (χ4n) is 1.63. The van der Waals surface area contributed by atoms with Gasteiger partial charge in [-0.25, -0.2) is 9.59 Å². The second-order valence-electron chi connectivity index (χ2n) is 4.03. The summed E-state index contributed by atoms with van der Waals surface area (Å²) in [6, 6.07) is 0. The van der Waals surface area contributed by atoms with Gasteiger partial charge in [-0.15, -0.1) is 0 Å². The van der Waals surface area contributed by atoms with Gasteiger partial charge in [0, 0.05) is 7.05 Å². The lowest BCUT2D eigenvalue weighted by atomic mass is 10.2. The van der Waals surface area contributed by atoms with Crippen LogP contribution in [-0.2, 0) is 21.3 Å². The van der Waals surface area contributed by atoms with Gasteiger partial charge in [0.2, 0.25) is 0 Å². The van der Waals surface area contributed by atoms with Crippen LogP contribution in [0, 0.1) is 6.92 Å². The zero-order valence-corrected chi connectivity index (χ0v) is 11.6. The number of aryl methyl sites for hydroxylation is 2. The van der Waals surface area contributed by atoms with Crippen molar-refractivity contribution >= 4 is 17.6 Å². The Balaban J connectivity index is 2.86. The quantitative estimate of drug-likeness (QED) is 0.794. The van der Waals surface area contributed by atoms with Crippen LogP contribution >= 0.6 is 0 Å². The van der Waals surface area contributed by atoms with E-state index in [1.165, 1.54) is 4.68 Å². The van der Waals surface area contributed by atoms with E-state index in [0.717, 1.165) is 0 Å². The highest BCUT2D eigenvalue weighted by molar-refractivity contribution is 5.95. The van der Waals surface area contributed by atoms with Gasteiger partial charge < -0.3 is 15.2 Å². The van der Waals surface area contributed by atoms with Crippen molar-refractivity contribution in [3.05, 3.63) is 11.4 Å². The predicted octanol–water partition coefficient (Wildman–Crippen LogP) is 0.809. The molecule has 0 saturated carbocycles. The Morgan fingerprint density at radius 3 is 2.47 bits per heavy atom. The zero-order valence-electron chi connectivity index (χ0n) is 11.6. The molecule has 0 amide bonds. The highest BCUT2D eigenvalue weighted by Gasteiger charge is 2.26. The summed E-state index contributed by atoms with van der Waals surface area (Å²) < 4.78 is 11.3. The summed E-state index contributed by atoms with van der Waals surface area (Å²) in [4.78, 5) is 23.6. The molecule has 1 unspecified atom stereocenters. The molecular weight excluding hydrogens is 250 g/mol. The zero-order chi connectivity index (χ0) is 14.6. The average molecular weight is 269 g/mol. The Morgan fingerprint density at radius 2 is 2.05 bits per heavy atom. The molecule has 1 aromatic heterocycles. The van der Waals surface area contributed by atoms with Crippen LogP contribution in [0.3, 0.4) is 0 Å². The summed E-state index contributed by atoms with van der Waals surface area (Å²) in [6.45, 7) is 5.34. The number of carbonyl (C=O) groups excluding carboxylic acids is 2. The van der Waals surface area contributed by atoms with Crippen LogP contribution in [0.4, 0.5) is 5.69 Å². The molecule has 1 rings (SSSR count). The van der Waals surface area contributed by atoms with E-state index < -0.39 is 18.0 Å². The summed E-state index contributed by atoms with van der Waals surface area (Å²) in [6.07, 6.45) is -0.594. The van der Waals surface area contributed by atoms with E-state index in [1.807, 2.05) is 0 Å². The van der Waals surface area contributed by atoms with Gasteiger partial charge in [-0.05, 0) is 20.3 Å². The number of carbonyl (C=O) groups is 2. The number of nitrogen functional groups attached to an aromatic ring is 1. The first-order valence-corrected chi connectivity index (χ1v) is 6.09. The van der Waals surface area contributed by atoms with Gasteiger partial charge in [-0.2, -0.15) is 5.10 Å². The van der Waals surface area contributed by atoms with Crippen molar-refractivity contribution in [2.75, 3.05) is 12.3 Å². The molecule has 1 heterocycles. The van der Waals surface area contributed by atoms with E-state index in [2.05, 4.69) is 5.10 Å². The molecule has 0 spiro atoms. The number of nitrogens with two attached hydrogens (primary N) is 1. The van der Waals surface area contributed by atoms with Crippen LogP contribution in [0.1, 0.15) is 36.5 Å². The van der Waals surface area contributed by atoms with Crippen LogP contribution < -0.4 is 5.73 Å². The number of esters is 2. The van der Waals surface area contributed by atoms with Crippen LogP contribution in [0.5, 0.6) is 0 Å². The lowest BCUT2D eigenvalue weighted by Crippen LogP contribution is -2.29. The van der Waals surface area contributed by atoms with Crippen LogP contribution in [0.15, 0.2) is 0 Å². The molecule has 1 atom stereocenters. The number of ether oxygens (including phenoxy) is 2. The molecule has 0 fully saturated rings. The number of anilines is 1. The monoisotopic (exact) mass is 269 g/mol. The third kappa shape index (κ3) is 3.24. The number of nitrogens with zero attached hydrogens (tertiary/aromatic N) is 2. The van der Waals surface area contributed by atoms with Crippen LogP contribution in [0.25, 0.3) is 0 Å². The van der Waals surface area contributed by atoms with Gasteiger partial charge in [0.1, 0.15) is 0 Å². The van der Waals surface area contributed by atoms with Crippen molar-refractivity contribution < 1.29 is 19.1 Å². The number of hydrogen-bond acceptors (Lipinski definition) is 6. The third-order valence-electron chi connectivity index (χ3n) is 2.63. The molecule has 1 aromatic rings. The topological polar surface area (TPSA) is 96.4 Å². The Kier molecular flexibility index (Phi) is 4.91. The maximum absolute atomic E-state index is 12.0. The van der Waals surface area contributed by atoms with Crippen molar-refractivity contribution in [2.24, 2.45) is 7.05 Å². The Bertz CT molecular complexity index is 482. The smallest absolute Gasteiger partial charge is 0.359 e. The predicted molar refractivity (Wildman–Crippen MR) is 68.5 cm³/mol. The van der Waals surface area contributed by atoms with Crippen LogP contribution in [0.2, 0.25) is 0 Å². The standard InChI is InChI=1S/C12H19N3O4/c1-5-8(11(16)18-6-2)19-12(17)10-9(13)7(3)14-15(10)4/h8H,5-6,13H2,1-4H3. The van der Waals surface area contributed by atoms with Crippen molar-refractivity contribution in [3.8, 4) is 0 Å². The van der Waals surface area contributed by atoms with E-state index in [4.69, 9.17) is 15.2 Å². The molecule has 19 heavy (non-hydrogen) atoms. The molecule has 0 aliphatic carbocycles. The van der Waals surface area contributed by atoms with Crippen molar-refractivity contribution in [1.29, 1.82) is 0 Å². The second kappa shape index (κ2) is 6.21. The first kappa shape index (κ1) is 15.0. The molecule has 2 N–H and O–H groups in total. The number of rotatable bonds is 5. The Hall–Kier alpha value is -2.05. The average Bonchev–Trinajstić information content (AvgIpc) is 2.60. The van der Waals surface area contributed by atoms with Crippen molar-refractivity contribution in [2.45, 2.75) is 33.3 Å². The highest BCUT2D eigenvalue weighted by atomic mass is 16.6. The molecule has 0 aliphatic rings. The van der Waals surface area contributed by atoms with E-state index in [1.54, 1.807) is 27.8 Å². The SMILES string of the molecule is CCOC(=O)C(CC)OC(=O)c1c(N)c(C)nn1C. The maximum Gasteiger partial charge on any atom is 0.359 e. The minimum atomic E-state index is -0.929. The summed E-state index contributed by atoms with van der Waals surface area (Å²) in [5, 5.41) is 4.02. The Labute approximate surface area is 111 Å². The normalized spacial score (nSPS) is 12.0. The fourth-order valence-corrected chi connectivity index (χ4v) is 1.63. The number of hydrogen-bond donors (Lipinski definition) is 1.